The molecule has 0 fully saturated rings. The number of anilines is 2. The fourth-order valence-corrected chi connectivity index (χ4v) is 0.734. The standard InChI is InChI=1S/C7H10N4O.2ClH/c1-5(12)10-7-3-2-6(11-8)4-9-7;;/h2-4,11H,8H2,1H3,(H,9,10,12);2*1H. The zero-order valence-corrected chi connectivity index (χ0v) is 9.11. The highest BCUT2D eigenvalue weighted by Gasteiger charge is 1.95. The minimum Gasteiger partial charge on any atom is -0.323 e. The van der Waals surface area contributed by atoms with Gasteiger partial charge in [-0.3, -0.25) is 10.6 Å². The van der Waals surface area contributed by atoms with Gasteiger partial charge in [0.25, 0.3) is 0 Å². The molecule has 0 spiro atoms. The highest BCUT2D eigenvalue weighted by molar-refractivity contribution is 5.87. The molecule has 1 aromatic rings. The van der Waals surface area contributed by atoms with Gasteiger partial charge in [0, 0.05) is 6.92 Å². The molecule has 0 saturated heterocycles. The molecule has 0 aliphatic rings. The normalized spacial score (nSPS) is 7.86. The summed E-state index contributed by atoms with van der Waals surface area (Å²) in [5.74, 6) is 5.50. The molecule has 0 aliphatic carbocycles. The Morgan fingerprint density at radius 2 is 2.07 bits per heavy atom. The van der Waals surface area contributed by atoms with E-state index in [-0.39, 0.29) is 30.7 Å². The minimum atomic E-state index is -0.143. The summed E-state index contributed by atoms with van der Waals surface area (Å²) in [6, 6.07) is 3.38. The van der Waals surface area contributed by atoms with Crippen molar-refractivity contribution in [3.63, 3.8) is 0 Å². The van der Waals surface area contributed by atoms with Gasteiger partial charge in [-0.05, 0) is 12.1 Å². The monoisotopic (exact) mass is 238 g/mol. The number of rotatable bonds is 2. The fourth-order valence-electron chi connectivity index (χ4n) is 0.734. The first-order valence-corrected chi connectivity index (χ1v) is 3.42. The maximum absolute atomic E-state index is 10.6. The predicted octanol–water partition coefficient (Wildman–Crippen LogP) is 1.17. The maximum atomic E-state index is 10.6. The van der Waals surface area contributed by atoms with E-state index in [2.05, 4.69) is 15.7 Å². The summed E-state index contributed by atoms with van der Waals surface area (Å²) in [5, 5.41) is 2.54. The molecule has 14 heavy (non-hydrogen) atoms. The molecule has 0 aliphatic heterocycles. The minimum absolute atomic E-state index is 0. The lowest BCUT2D eigenvalue weighted by atomic mass is 10.4. The second-order valence-electron chi connectivity index (χ2n) is 2.26. The number of nitrogen functional groups attached to an aromatic ring is 1. The molecule has 0 saturated carbocycles. The molecule has 0 bridgehead atoms. The fraction of sp³-hybridized carbons (Fsp3) is 0.143. The van der Waals surface area contributed by atoms with Crippen LogP contribution in [0.4, 0.5) is 11.5 Å². The first-order chi connectivity index (χ1) is 5.72. The third kappa shape index (κ3) is 4.86. The summed E-state index contributed by atoms with van der Waals surface area (Å²) >= 11 is 0. The SMILES string of the molecule is CC(=O)Nc1ccc(NN)cn1.Cl.Cl. The van der Waals surface area contributed by atoms with Gasteiger partial charge in [-0.1, -0.05) is 0 Å². The number of nitrogens with one attached hydrogen (secondary N) is 2. The molecule has 0 atom stereocenters. The van der Waals surface area contributed by atoms with Gasteiger partial charge < -0.3 is 10.7 Å². The number of aromatic nitrogens is 1. The Bertz CT molecular complexity index is 278. The number of amides is 1. The van der Waals surface area contributed by atoms with Crippen molar-refractivity contribution in [1.29, 1.82) is 0 Å². The van der Waals surface area contributed by atoms with Crippen LogP contribution >= 0.6 is 24.8 Å². The van der Waals surface area contributed by atoms with Gasteiger partial charge in [0.05, 0.1) is 11.9 Å². The Hall–Kier alpha value is -1.04. The molecule has 0 unspecified atom stereocenters. The van der Waals surface area contributed by atoms with Gasteiger partial charge in [-0.25, -0.2) is 4.98 Å². The van der Waals surface area contributed by atoms with Crippen molar-refractivity contribution < 1.29 is 4.79 Å². The van der Waals surface area contributed by atoms with E-state index >= 15 is 0 Å². The van der Waals surface area contributed by atoms with Crippen LogP contribution < -0.4 is 16.6 Å². The van der Waals surface area contributed by atoms with Crippen LogP contribution in [-0.2, 0) is 4.79 Å². The summed E-state index contributed by atoms with van der Waals surface area (Å²) in [5.41, 5.74) is 3.13. The summed E-state index contributed by atoms with van der Waals surface area (Å²) in [4.78, 5) is 14.5. The Balaban J connectivity index is 0. The van der Waals surface area contributed by atoms with Crippen LogP contribution in [0.15, 0.2) is 18.3 Å². The van der Waals surface area contributed by atoms with Crippen molar-refractivity contribution >= 4 is 42.2 Å². The van der Waals surface area contributed by atoms with Gasteiger partial charge in [0.2, 0.25) is 5.91 Å². The summed E-state index contributed by atoms with van der Waals surface area (Å²) in [6.45, 7) is 1.43. The average molecular weight is 239 g/mol. The zero-order chi connectivity index (χ0) is 8.97. The van der Waals surface area contributed by atoms with Crippen LogP contribution in [0.5, 0.6) is 0 Å². The highest BCUT2D eigenvalue weighted by atomic mass is 35.5. The second-order valence-corrected chi connectivity index (χ2v) is 2.26. The van der Waals surface area contributed by atoms with Crippen LogP contribution in [0.1, 0.15) is 6.92 Å². The van der Waals surface area contributed by atoms with Gasteiger partial charge in [0.1, 0.15) is 5.82 Å². The molecule has 0 radical (unpaired) electrons. The molecular formula is C7H12Cl2N4O. The van der Waals surface area contributed by atoms with Crippen LogP contribution in [0.25, 0.3) is 0 Å². The Labute approximate surface area is 94.3 Å². The van der Waals surface area contributed by atoms with Gasteiger partial charge in [-0.15, -0.1) is 24.8 Å². The smallest absolute Gasteiger partial charge is 0.222 e. The number of hydrazine groups is 1. The Morgan fingerprint density at radius 3 is 2.43 bits per heavy atom. The number of hydrogen-bond acceptors (Lipinski definition) is 4. The first-order valence-electron chi connectivity index (χ1n) is 3.42. The molecule has 7 heteroatoms. The van der Waals surface area contributed by atoms with Crippen LogP contribution in [0, 0.1) is 0 Å². The topological polar surface area (TPSA) is 80.0 Å². The van der Waals surface area contributed by atoms with E-state index in [4.69, 9.17) is 5.84 Å². The number of nitrogens with zero attached hydrogens (tertiary/aromatic N) is 1. The van der Waals surface area contributed by atoms with Crippen molar-refractivity contribution in [2.24, 2.45) is 5.84 Å². The average Bonchev–Trinajstić information content (AvgIpc) is 2.05. The molecule has 0 aromatic carbocycles. The van der Waals surface area contributed by atoms with E-state index in [0.29, 0.717) is 11.5 Å². The lowest BCUT2D eigenvalue weighted by Crippen LogP contribution is -2.09. The zero-order valence-electron chi connectivity index (χ0n) is 7.48. The van der Waals surface area contributed by atoms with E-state index in [1.54, 1.807) is 12.1 Å². The number of carbonyl (C=O) groups excluding carboxylic acids is 1. The van der Waals surface area contributed by atoms with E-state index < -0.39 is 0 Å². The quantitative estimate of drug-likeness (QED) is 0.534. The molecule has 1 amide bonds. The molecule has 1 heterocycles. The summed E-state index contributed by atoms with van der Waals surface area (Å²) < 4.78 is 0. The molecule has 1 aromatic heterocycles. The molecule has 5 nitrogen and oxygen atoms in total. The van der Waals surface area contributed by atoms with E-state index in [9.17, 15) is 4.79 Å². The second kappa shape index (κ2) is 7.37. The first kappa shape index (κ1) is 15.4. The summed E-state index contributed by atoms with van der Waals surface area (Å²) in [7, 11) is 0. The molecule has 4 N–H and O–H groups in total. The number of carbonyl (C=O) groups is 1. The third-order valence-electron chi connectivity index (χ3n) is 1.23. The van der Waals surface area contributed by atoms with Crippen molar-refractivity contribution in [3.8, 4) is 0 Å². The van der Waals surface area contributed by atoms with Crippen molar-refractivity contribution in [3.05, 3.63) is 18.3 Å². The van der Waals surface area contributed by atoms with Gasteiger partial charge in [0.15, 0.2) is 0 Å². The van der Waals surface area contributed by atoms with Gasteiger partial charge in [-0.2, -0.15) is 0 Å². The van der Waals surface area contributed by atoms with E-state index in [0.717, 1.165) is 0 Å². The van der Waals surface area contributed by atoms with Crippen LogP contribution in [0.2, 0.25) is 0 Å². The van der Waals surface area contributed by atoms with E-state index in [1.807, 2.05) is 0 Å². The Kier molecular flexibility index (Phi) is 8.13. The number of pyridine rings is 1. The maximum Gasteiger partial charge on any atom is 0.222 e. The lowest BCUT2D eigenvalue weighted by molar-refractivity contribution is -0.114. The van der Waals surface area contributed by atoms with Crippen LogP contribution in [0.3, 0.4) is 0 Å². The van der Waals surface area contributed by atoms with Crippen molar-refractivity contribution in [1.82, 2.24) is 4.98 Å². The lowest BCUT2D eigenvalue weighted by Gasteiger charge is -2.01. The molecule has 1 rings (SSSR count). The number of halogens is 2. The molecular weight excluding hydrogens is 227 g/mol. The van der Waals surface area contributed by atoms with E-state index in [1.165, 1.54) is 13.1 Å². The van der Waals surface area contributed by atoms with Gasteiger partial charge >= 0.3 is 0 Å². The number of hydrogen-bond donors (Lipinski definition) is 3. The van der Waals surface area contributed by atoms with Crippen LogP contribution in [-0.4, -0.2) is 10.9 Å². The predicted molar refractivity (Wildman–Crippen MR) is 60.8 cm³/mol. The van der Waals surface area contributed by atoms with Crippen molar-refractivity contribution in [2.75, 3.05) is 10.7 Å². The largest absolute Gasteiger partial charge is 0.323 e. The Morgan fingerprint density at radius 1 is 1.43 bits per heavy atom. The third-order valence-corrected chi connectivity index (χ3v) is 1.23. The number of nitrogens with two attached hydrogens (primary N) is 1. The summed E-state index contributed by atoms with van der Waals surface area (Å²) in [6.07, 6.45) is 1.53. The highest BCUT2D eigenvalue weighted by Crippen LogP contribution is 2.07. The molecule has 80 valence electrons. The van der Waals surface area contributed by atoms with Crippen molar-refractivity contribution in [2.45, 2.75) is 6.92 Å².